The van der Waals surface area contributed by atoms with Crippen LogP contribution in [0.25, 0.3) is 0 Å². The first-order chi connectivity index (χ1) is 10.6. The van der Waals surface area contributed by atoms with Crippen molar-refractivity contribution in [3.63, 3.8) is 0 Å². The summed E-state index contributed by atoms with van der Waals surface area (Å²) in [6.07, 6.45) is -2.57. The van der Waals surface area contributed by atoms with Crippen molar-refractivity contribution in [1.29, 1.82) is 0 Å². The number of carbonyl (C=O) groups excluding carboxylic acids is 1. The van der Waals surface area contributed by atoms with Crippen molar-refractivity contribution in [3.05, 3.63) is 0 Å². The molecule has 1 aliphatic heterocycles. The van der Waals surface area contributed by atoms with Crippen molar-refractivity contribution in [2.75, 3.05) is 60.5 Å². The fourth-order valence-corrected chi connectivity index (χ4v) is 2.59. The predicted molar refractivity (Wildman–Crippen MR) is 81.4 cm³/mol. The van der Waals surface area contributed by atoms with Gasteiger partial charge in [-0.2, -0.15) is 13.2 Å². The van der Waals surface area contributed by atoms with Gasteiger partial charge in [0.25, 0.3) is 0 Å². The summed E-state index contributed by atoms with van der Waals surface area (Å²) in [4.78, 5) is 15.0. The first kappa shape index (κ1) is 20.0. The number of nitrogens with one attached hydrogen (secondary N) is 2. The van der Waals surface area contributed by atoms with Crippen LogP contribution in [0.3, 0.4) is 0 Å². The second kappa shape index (κ2) is 8.70. The van der Waals surface area contributed by atoms with Gasteiger partial charge < -0.3 is 20.3 Å². The maximum atomic E-state index is 12.2. The number of likely N-dealkylation sites (N-methyl/N-ethyl adjacent to an activating group) is 2. The van der Waals surface area contributed by atoms with E-state index in [2.05, 4.69) is 15.5 Å². The molecule has 0 aromatic heterocycles. The lowest BCUT2D eigenvalue weighted by Crippen LogP contribution is -2.57. The topological polar surface area (TPSA) is 56.8 Å². The molecule has 1 fully saturated rings. The summed E-state index contributed by atoms with van der Waals surface area (Å²) < 4.78 is 41.9. The molecule has 0 spiro atoms. The summed E-state index contributed by atoms with van der Waals surface area (Å²) >= 11 is 0. The van der Waals surface area contributed by atoms with Gasteiger partial charge in [-0.15, -0.1) is 0 Å². The normalized spacial score (nSPS) is 18.3. The number of rotatable bonds is 7. The van der Waals surface area contributed by atoms with Gasteiger partial charge in [0, 0.05) is 38.4 Å². The third-order valence-corrected chi connectivity index (χ3v) is 4.18. The highest BCUT2D eigenvalue weighted by Crippen LogP contribution is 2.24. The fraction of sp³-hybridized carbons (Fsp3) is 0.929. The third kappa shape index (κ3) is 7.36. The van der Waals surface area contributed by atoms with Crippen molar-refractivity contribution in [1.82, 2.24) is 20.4 Å². The van der Waals surface area contributed by atoms with E-state index < -0.39 is 12.7 Å². The molecule has 2 amide bonds. The Morgan fingerprint density at radius 2 is 1.78 bits per heavy atom. The molecule has 0 bridgehead atoms. The van der Waals surface area contributed by atoms with Crippen LogP contribution < -0.4 is 10.6 Å². The zero-order chi connectivity index (χ0) is 17.5. The summed E-state index contributed by atoms with van der Waals surface area (Å²) in [6, 6.07) is -0.363. The Hall–Kier alpha value is -1.06. The van der Waals surface area contributed by atoms with Crippen LogP contribution >= 0.6 is 0 Å². The standard InChI is InChI=1S/C14H27F3N4O2/c1-20(2)13(4-8-23-9-5-13)10-19-12(22)18-6-7-21(3)11-14(15,16)17/h4-11H2,1-3H3,(H2,18,19,22). The predicted octanol–water partition coefficient (Wildman–Crippen LogP) is 0.891. The minimum Gasteiger partial charge on any atom is -0.381 e. The van der Waals surface area contributed by atoms with E-state index in [1.807, 2.05) is 14.1 Å². The smallest absolute Gasteiger partial charge is 0.381 e. The van der Waals surface area contributed by atoms with Gasteiger partial charge in [0.05, 0.1) is 6.54 Å². The largest absolute Gasteiger partial charge is 0.401 e. The van der Waals surface area contributed by atoms with Crippen LogP contribution in [0.5, 0.6) is 0 Å². The third-order valence-electron chi connectivity index (χ3n) is 4.18. The number of nitrogens with zero attached hydrogens (tertiary/aromatic N) is 2. The molecule has 136 valence electrons. The van der Waals surface area contributed by atoms with E-state index in [0.717, 1.165) is 17.7 Å². The molecule has 6 nitrogen and oxygen atoms in total. The molecule has 0 aromatic carbocycles. The molecule has 1 saturated heterocycles. The van der Waals surface area contributed by atoms with Crippen LogP contribution in [-0.4, -0.2) is 88.1 Å². The molecule has 0 atom stereocenters. The summed E-state index contributed by atoms with van der Waals surface area (Å²) in [5, 5.41) is 5.39. The van der Waals surface area contributed by atoms with Gasteiger partial charge in [0.2, 0.25) is 0 Å². The summed E-state index contributed by atoms with van der Waals surface area (Å²) in [6.45, 7) is 1.11. The molecule has 0 radical (unpaired) electrons. The van der Waals surface area contributed by atoms with Gasteiger partial charge in [0.15, 0.2) is 0 Å². The molecule has 0 saturated carbocycles. The van der Waals surface area contributed by atoms with E-state index in [1.165, 1.54) is 7.05 Å². The molecule has 2 N–H and O–H groups in total. The maximum absolute atomic E-state index is 12.2. The second-order valence-electron chi connectivity index (χ2n) is 6.19. The molecule has 0 aromatic rings. The number of ether oxygens (including phenoxy) is 1. The average molecular weight is 340 g/mol. The maximum Gasteiger partial charge on any atom is 0.401 e. The molecule has 0 unspecified atom stereocenters. The highest BCUT2D eigenvalue weighted by Gasteiger charge is 2.35. The summed E-state index contributed by atoms with van der Waals surface area (Å²) in [5.74, 6) is 0. The van der Waals surface area contributed by atoms with Crippen LogP contribution in [0.15, 0.2) is 0 Å². The highest BCUT2D eigenvalue weighted by atomic mass is 19.4. The lowest BCUT2D eigenvalue weighted by Gasteiger charge is -2.42. The SMILES string of the molecule is CN(CCNC(=O)NCC1(N(C)C)CCOCC1)CC(F)(F)F. The molecule has 23 heavy (non-hydrogen) atoms. The highest BCUT2D eigenvalue weighted by molar-refractivity contribution is 5.73. The summed E-state index contributed by atoms with van der Waals surface area (Å²) in [7, 11) is 5.31. The first-order valence-corrected chi connectivity index (χ1v) is 7.67. The van der Waals surface area contributed by atoms with Crippen molar-refractivity contribution in [2.24, 2.45) is 0 Å². The Balaban J connectivity index is 2.28. The van der Waals surface area contributed by atoms with Crippen LogP contribution in [-0.2, 0) is 4.74 Å². The van der Waals surface area contributed by atoms with Gasteiger partial charge in [-0.1, -0.05) is 0 Å². The van der Waals surface area contributed by atoms with Crippen LogP contribution in [0.4, 0.5) is 18.0 Å². The zero-order valence-corrected chi connectivity index (χ0v) is 14.0. The van der Waals surface area contributed by atoms with Crippen LogP contribution in [0, 0.1) is 0 Å². The Morgan fingerprint density at radius 3 is 2.30 bits per heavy atom. The Bertz CT molecular complexity index is 372. The zero-order valence-electron chi connectivity index (χ0n) is 14.0. The lowest BCUT2D eigenvalue weighted by atomic mass is 9.88. The van der Waals surface area contributed by atoms with E-state index in [9.17, 15) is 18.0 Å². The van der Waals surface area contributed by atoms with E-state index in [4.69, 9.17) is 4.74 Å². The number of amides is 2. The Morgan fingerprint density at radius 1 is 1.17 bits per heavy atom. The number of hydrogen-bond acceptors (Lipinski definition) is 4. The molecule has 1 rings (SSSR count). The number of carbonyl (C=O) groups is 1. The molecule has 1 heterocycles. The van der Waals surface area contributed by atoms with E-state index >= 15 is 0 Å². The molecular weight excluding hydrogens is 313 g/mol. The van der Waals surface area contributed by atoms with E-state index in [-0.39, 0.29) is 24.7 Å². The number of urea groups is 1. The van der Waals surface area contributed by atoms with Crippen LogP contribution in [0.1, 0.15) is 12.8 Å². The van der Waals surface area contributed by atoms with E-state index in [0.29, 0.717) is 19.8 Å². The first-order valence-electron chi connectivity index (χ1n) is 7.67. The van der Waals surface area contributed by atoms with Gasteiger partial charge in [0.1, 0.15) is 0 Å². The number of halogens is 3. The summed E-state index contributed by atoms with van der Waals surface area (Å²) in [5.41, 5.74) is -0.136. The van der Waals surface area contributed by atoms with Crippen LogP contribution in [0.2, 0.25) is 0 Å². The van der Waals surface area contributed by atoms with Gasteiger partial charge in [-0.25, -0.2) is 4.79 Å². The minimum atomic E-state index is -4.22. The minimum absolute atomic E-state index is 0.136. The quantitative estimate of drug-likeness (QED) is 0.723. The molecule has 0 aliphatic carbocycles. The second-order valence-corrected chi connectivity index (χ2v) is 6.19. The molecule has 9 heteroatoms. The average Bonchev–Trinajstić information content (AvgIpc) is 2.44. The Kier molecular flexibility index (Phi) is 7.56. The van der Waals surface area contributed by atoms with Gasteiger partial charge >= 0.3 is 12.2 Å². The molecule has 1 aliphatic rings. The number of alkyl halides is 3. The van der Waals surface area contributed by atoms with Gasteiger partial charge in [-0.3, -0.25) is 4.90 Å². The Labute approximate surface area is 135 Å². The fourth-order valence-electron chi connectivity index (χ4n) is 2.59. The van der Waals surface area contributed by atoms with Crippen molar-refractivity contribution >= 4 is 6.03 Å². The van der Waals surface area contributed by atoms with E-state index in [1.54, 1.807) is 0 Å². The number of hydrogen-bond donors (Lipinski definition) is 2. The van der Waals surface area contributed by atoms with Crippen molar-refractivity contribution in [2.45, 2.75) is 24.6 Å². The van der Waals surface area contributed by atoms with Crippen molar-refractivity contribution < 1.29 is 22.7 Å². The monoisotopic (exact) mass is 340 g/mol. The molecular formula is C14H27F3N4O2. The van der Waals surface area contributed by atoms with Crippen molar-refractivity contribution in [3.8, 4) is 0 Å². The lowest BCUT2D eigenvalue weighted by molar-refractivity contribution is -0.142. The van der Waals surface area contributed by atoms with Gasteiger partial charge in [-0.05, 0) is 34.0 Å².